The lowest BCUT2D eigenvalue weighted by Crippen LogP contribution is -1.83. The minimum absolute atomic E-state index is 0.125. The third-order valence-corrected chi connectivity index (χ3v) is 2.33. The minimum Gasteiger partial charge on any atom is -0.503 e. The molecule has 0 fully saturated rings. The van der Waals surface area contributed by atoms with E-state index in [1.165, 1.54) is 0 Å². The van der Waals surface area contributed by atoms with Crippen LogP contribution in [0.2, 0.25) is 0 Å². The molecule has 0 aliphatic rings. The summed E-state index contributed by atoms with van der Waals surface area (Å²) in [5.74, 6) is 0.573. The summed E-state index contributed by atoms with van der Waals surface area (Å²) in [5.41, 5.74) is 3.69. The van der Waals surface area contributed by atoms with Crippen molar-refractivity contribution >= 4 is 0 Å². The molecule has 3 nitrogen and oxygen atoms in total. The zero-order chi connectivity index (χ0) is 11.0. The van der Waals surface area contributed by atoms with Crippen LogP contribution in [0.4, 0.5) is 0 Å². The predicted molar refractivity (Wildman–Crippen MR) is 57.8 cm³/mol. The van der Waals surface area contributed by atoms with Gasteiger partial charge >= 0.3 is 0 Å². The molecule has 1 N–H and O–H groups in total. The fourth-order valence-electron chi connectivity index (χ4n) is 1.67. The first-order chi connectivity index (χ1) is 7.08. The maximum Gasteiger partial charge on any atom is 0.186 e. The van der Waals surface area contributed by atoms with Crippen LogP contribution >= 0.6 is 0 Å². The fraction of sp³-hybridized carbons (Fsp3) is 0.250. The molecule has 1 aromatic carbocycles. The Morgan fingerprint density at radius 2 is 1.67 bits per heavy atom. The van der Waals surface area contributed by atoms with Gasteiger partial charge in [-0.2, -0.15) is 0 Å². The Morgan fingerprint density at radius 3 is 2.13 bits per heavy atom. The molecule has 2 aromatic rings. The highest BCUT2D eigenvalue weighted by Crippen LogP contribution is 2.31. The molecule has 0 aliphatic carbocycles. The zero-order valence-electron chi connectivity index (χ0n) is 9.03. The highest BCUT2D eigenvalue weighted by molar-refractivity contribution is 5.67. The molecule has 78 valence electrons. The van der Waals surface area contributed by atoms with Gasteiger partial charge in [0.2, 0.25) is 0 Å². The van der Waals surface area contributed by atoms with Crippen LogP contribution in [0.25, 0.3) is 11.3 Å². The van der Waals surface area contributed by atoms with Gasteiger partial charge in [-0.25, -0.2) is 0 Å². The highest BCUT2D eigenvalue weighted by Gasteiger charge is 2.13. The van der Waals surface area contributed by atoms with Crippen LogP contribution in [0.15, 0.2) is 22.7 Å². The van der Waals surface area contributed by atoms with Crippen molar-refractivity contribution in [2.45, 2.75) is 20.8 Å². The third kappa shape index (κ3) is 1.73. The summed E-state index contributed by atoms with van der Waals surface area (Å²) in [6.07, 6.45) is 0. The lowest BCUT2D eigenvalue weighted by atomic mass is 10.0. The van der Waals surface area contributed by atoms with E-state index < -0.39 is 0 Å². The van der Waals surface area contributed by atoms with Crippen molar-refractivity contribution in [2.75, 3.05) is 0 Å². The number of nitrogens with zero attached hydrogens (tertiary/aromatic N) is 1. The average Bonchev–Trinajstić information content (AvgIpc) is 2.46. The number of aromatic nitrogens is 1. The lowest BCUT2D eigenvalue weighted by molar-refractivity contribution is 0.384. The van der Waals surface area contributed by atoms with Gasteiger partial charge < -0.3 is 9.63 Å². The topological polar surface area (TPSA) is 46.3 Å². The molecule has 0 aliphatic heterocycles. The van der Waals surface area contributed by atoms with Gasteiger partial charge in [-0.15, -0.1) is 0 Å². The van der Waals surface area contributed by atoms with Crippen molar-refractivity contribution in [1.29, 1.82) is 0 Å². The Kier molecular flexibility index (Phi) is 2.23. The Bertz CT molecular complexity index is 480. The molecule has 0 spiro atoms. The molecule has 0 saturated carbocycles. The van der Waals surface area contributed by atoms with Gasteiger partial charge in [-0.3, -0.25) is 0 Å². The van der Waals surface area contributed by atoms with Crippen molar-refractivity contribution in [3.8, 4) is 17.0 Å². The number of hydrogen-bond donors (Lipinski definition) is 1. The van der Waals surface area contributed by atoms with E-state index in [4.69, 9.17) is 4.52 Å². The molecule has 1 heterocycles. The molecule has 0 saturated heterocycles. The monoisotopic (exact) mass is 203 g/mol. The summed E-state index contributed by atoms with van der Waals surface area (Å²) < 4.78 is 4.93. The van der Waals surface area contributed by atoms with Crippen LogP contribution in [0, 0.1) is 20.8 Å². The van der Waals surface area contributed by atoms with E-state index in [1.54, 1.807) is 6.92 Å². The van der Waals surface area contributed by atoms with Gasteiger partial charge in [0.05, 0.1) is 0 Å². The van der Waals surface area contributed by atoms with Crippen LogP contribution in [-0.2, 0) is 0 Å². The predicted octanol–water partition coefficient (Wildman–Crippen LogP) is 2.97. The van der Waals surface area contributed by atoms with Gasteiger partial charge in [-0.1, -0.05) is 22.3 Å². The van der Waals surface area contributed by atoms with Gasteiger partial charge in [0.1, 0.15) is 0 Å². The summed E-state index contributed by atoms with van der Waals surface area (Å²) in [6, 6.07) is 6.03. The summed E-state index contributed by atoms with van der Waals surface area (Å²) in [6.45, 7) is 5.72. The molecule has 0 amide bonds. The van der Waals surface area contributed by atoms with Crippen molar-refractivity contribution in [1.82, 2.24) is 5.16 Å². The summed E-state index contributed by atoms with van der Waals surface area (Å²) in [7, 11) is 0. The summed E-state index contributed by atoms with van der Waals surface area (Å²) in [5, 5.41) is 13.6. The number of aromatic hydroxyl groups is 1. The van der Waals surface area contributed by atoms with Gasteiger partial charge in [0.15, 0.2) is 17.2 Å². The lowest BCUT2D eigenvalue weighted by Gasteiger charge is -2.01. The Balaban J connectivity index is 2.58. The first-order valence-corrected chi connectivity index (χ1v) is 4.82. The molecule has 3 heteroatoms. The molecule has 0 radical (unpaired) electrons. The van der Waals surface area contributed by atoms with Crippen LogP contribution < -0.4 is 0 Å². The van der Waals surface area contributed by atoms with Crippen molar-refractivity contribution in [2.24, 2.45) is 0 Å². The van der Waals surface area contributed by atoms with E-state index in [0.29, 0.717) is 11.5 Å². The molecule has 1 aromatic heterocycles. The maximum absolute atomic E-state index is 9.72. The molecule has 15 heavy (non-hydrogen) atoms. The molecule has 2 rings (SSSR count). The van der Waals surface area contributed by atoms with Gasteiger partial charge in [0.25, 0.3) is 0 Å². The molecular weight excluding hydrogens is 190 g/mol. The molecule has 0 atom stereocenters. The number of benzene rings is 1. The SMILES string of the molecule is Cc1cc(C)cc(-c2noc(C)c2O)c1. The largest absolute Gasteiger partial charge is 0.503 e. The molecule has 0 bridgehead atoms. The minimum atomic E-state index is 0.125. The number of rotatable bonds is 1. The summed E-state index contributed by atoms with van der Waals surface area (Å²) >= 11 is 0. The maximum atomic E-state index is 9.72. The van der Waals surface area contributed by atoms with E-state index in [9.17, 15) is 5.11 Å². The van der Waals surface area contributed by atoms with Crippen molar-refractivity contribution in [3.63, 3.8) is 0 Å². The van der Waals surface area contributed by atoms with Crippen LogP contribution in [-0.4, -0.2) is 10.3 Å². The number of aryl methyl sites for hydroxylation is 3. The molecule has 0 unspecified atom stereocenters. The van der Waals surface area contributed by atoms with Gasteiger partial charge in [-0.05, 0) is 26.0 Å². The third-order valence-electron chi connectivity index (χ3n) is 2.33. The molecular formula is C12H13NO2. The van der Waals surface area contributed by atoms with Crippen molar-refractivity contribution < 1.29 is 9.63 Å². The van der Waals surface area contributed by atoms with E-state index in [2.05, 4.69) is 11.2 Å². The number of hydrogen-bond acceptors (Lipinski definition) is 3. The van der Waals surface area contributed by atoms with E-state index in [0.717, 1.165) is 16.7 Å². The van der Waals surface area contributed by atoms with E-state index in [-0.39, 0.29) is 5.75 Å². The first kappa shape index (κ1) is 9.77. The second-order valence-electron chi connectivity index (χ2n) is 3.81. The van der Waals surface area contributed by atoms with Crippen LogP contribution in [0.1, 0.15) is 16.9 Å². The standard InChI is InChI=1S/C12H13NO2/c1-7-4-8(2)6-10(5-7)11-12(14)9(3)15-13-11/h4-6,14H,1-3H3. The quantitative estimate of drug-likeness (QED) is 0.775. The second-order valence-corrected chi connectivity index (χ2v) is 3.81. The Labute approximate surface area is 88.3 Å². The average molecular weight is 203 g/mol. The smallest absolute Gasteiger partial charge is 0.186 e. The second kappa shape index (κ2) is 3.42. The highest BCUT2D eigenvalue weighted by atomic mass is 16.5. The normalized spacial score (nSPS) is 10.6. The van der Waals surface area contributed by atoms with Crippen LogP contribution in [0.3, 0.4) is 0 Å². The summed E-state index contributed by atoms with van der Waals surface area (Å²) in [4.78, 5) is 0. The first-order valence-electron chi connectivity index (χ1n) is 4.82. The Hall–Kier alpha value is -1.77. The van der Waals surface area contributed by atoms with E-state index >= 15 is 0 Å². The zero-order valence-corrected chi connectivity index (χ0v) is 9.03. The van der Waals surface area contributed by atoms with Crippen molar-refractivity contribution in [3.05, 3.63) is 35.1 Å². The van der Waals surface area contributed by atoms with E-state index in [1.807, 2.05) is 26.0 Å². The Morgan fingerprint density at radius 1 is 1.07 bits per heavy atom. The van der Waals surface area contributed by atoms with Crippen LogP contribution in [0.5, 0.6) is 5.75 Å². The fourth-order valence-corrected chi connectivity index (χ4v) is 1.67. The van der Waals surface area contributed by atoms with Gasteiger partial charge in [0, 0.05) is 12.5 Å².